The molecule has 0 radical (unpaired) electrons. The average Bonchev–Trinajstić information content (AvgIpc) is 2.65. The van der Waals surface area contributed by atoms with Gasteiger partial charge in [-0.05, 0) is 25.7 Å². The van der Waals surface area contributed by atoms with Crippen molar-refractivity contribution in [1.82, 2.24) is 5.32 Å². The first-order valence-electron chi connectivity index (χ1n) is 7.09. The summed E-state index contributed by atoms with van der Waals surface area (Å²) in [5.41, 5.74) is 0. The molecule has 2 atom stereocenters. The maximum absolute atomic E-state index is 4.59. The van der Waals surface area contributed by atoms with Crippen LogP contribution in [0.25, 0.3) is 0 Å². The van der Waals surface area contributed by atoms with E-state index in [1.54, 1.807) is 0 Å². The fourth-order valence-corrected chi connectivity index (χ4v) is 3.32. The number of nitrogens with one attached hydrogen (secondary N) is 1. The lowest BCUT2D eigenvalue weighted by Gasteiger charge is -2.15. The zero-order chi connectivity index (χ0) is 12.7. The number of aliphatic imine (C=N–C) groups is 1. The number of thioether (sulfide) groups is 1. The molecule has 17 heavy (non-hydrogen) atoms. The summed E-state index contributed by atoms with van der Waals surface area (Å²) in [4.78, 5) is 4.59. The van der Waals surface area contributed by atoms with Crippen molar-refractivity contribution in [1.29, 1.82) is 0 Å². The van der Waals surface area contributed by atoms with E-state index in [1.807, 2.05) is 11.8 Å². The minimum absolute atomic E-state index is 0.570. The molecule has 0 saturated carbocycles. The highest BCUT2D eigenvalue weighted by atomic mass is 32.2. The lowest BCUT2D eigenvalue weighted by atomic mass is 10.0. The first kappa shape index (κ1) is 14.9. The Bertz CT molecular complexity index is 238. The van der Waals surface area contributed by atoms with Crippen molar-refractivity contribution in [3.63, 3.8) is 0 Å². The fourth-order valence-electron chi connectivity index (χ4n) is 2.08. The third kappa shape index (κ3) is 6.35. The van der Waals surface area contributed by atoms with Crippen LogP contribution < -0.4 is 5.32 Å². The fraction of sp³-hybridized carbons (Fsp3) is 0.929. The van der Waals surface area contributed by atoms with E-state index in [-0.39, 0.29) is 0 Å². The molecule has 0 saturated heterocycles. The zero-order valence-corrected chi connectivity index (χ0v) is 12.6. The SMILES string of the molecule is CCCC1CN=C(NC(C)CCCC(C)C)S1. The van der Waals surface area contributed by atoms with E-state index in [0.29, 0.717) is 6.04 Å². The molecule has 0 fully saturated rings. The van der Waals surface area contributed by atoms with E-state index >= 15 is 0 Å². The van der Waals surface area contributed by atoms with Crippen molar-refractivity contribution in [3.8, 4) is 0 Å². The standard InChI is InChI=1S/C14H28N2S/c1-5-7-13-10-15-14(17-13)16-12(4)9-6-8-11(2)3/h11-13H,5-10H2,1-4H3,(H,15,16). The van der Waals surface area contributed by atoms with Gasteiger partial charge in [-0.25, -0.2) is 0 Å². The van der Waals surface area contributed by atoms with E-state index in [4.69, 9.17) is 0 Å². The Morgan fingerprint density at radius 3 is 2.76 bits per heavy atom. The van der Waals surface area contributed by atoms with Crippen LogP contribution in [0.15, 0.2) is 4.99 Å². The summed E-state index contributed by atoms with van der Waals surface area (Å²) in [6, 6.07) is 0.570. The number of amidine groups is 1. The van der Waals surface area contributed by atoms with Crippen LogP contribution in [-0.4, -0.2) is 23.0 Å². The zero-order valence-electron chi connectivity index (χ0n) is 11.8. The third-order valence-corrected chi connectivity index (χ3v) is 4.30. The first-order valence-corrected chi connectivity index (χ1v) is 7.97. The van der Waals surface area contributed by atoms with Gasteiger partial charge in [0.05, 0.1) is 6.54 Å². The quantitative estimate of drug-likeness (QED) is 0.743. The van der Waals surface area contributed by atoms with Gasteiger partial charge in [-0.2, -0.15) is 0 Å². The van der Waals surface area contributed by atoms with Gasteiger partial charge in [-0.15, -0.1) is 0 Å². The van der Waals surface area contributed by atoms with Crippen LogP contribution in [-0.2, 0) is 0 Å². The number of hydrogen-bond acceptors (Lipinski definition) is 3. The average molecular weight is 256 g/mol. The Balaban J connectivity index is 2.13. The molecule has 0 aromatic heterocycles. The molecule has 1 aliphatic rings. The number of rotatable bonds is 7. The summed E-state index contributed by atoms with van der Waals surface area (Å²) < 4.78 is 0. The van der Waals surface area contributed by atoms with Crippen LogP contribution in [0.1, 0.15) is 59.8 Å². The molecule has 0 amide bonds. The van der Waals surface area contributed by atoms with Gasteiger partial charge in [0.15, 0.2) is 5.17 Å². The maximum Gasteiger partial charge on any atom is 0.157 e. The second-order valence-electron chi connectivity index (χ2n) is 5.54. The highest BCUT2D eigenvalue weighted by molar-refractivity contribution is 8.14. The highest BCUT2D eigenvalue weighted by Crippen LogP contribution is 2.24. The maximum atomic E-state index is 4.59. The largest absolute Gasteiger partial charge is 0.362 e. The first-order chi connectivity index (χ1) is 8.11. The molecule has 100 valence electrons. The highest BCUT2D eigenvalue weighted by Gasteiger charge is 2.19. The Hall–Kier alpha value is -0.180. The van der Waals surface area contributed by atoms with Crippen LogP contribution >= 0.6 is 11.8 Å². The lowest BCUT2D eigenvalue weighted by Crippen LogP contribution is -2.30. The van der Waals surface area contributed by atoms with Crippen molar-refractivity contribution in [2.45, 2.75) is 71.1 Å². The molecular weight excluding hydrogens is 228 g/mol. The van der Waals surface area contributed by atoms with Crippen LogP contribution in [0.4, 0.5) is 0 Å². The minimum atomic E-state index is 0.570. The minimum Gasteiger partial charge on any atom is -0.362 e. The molecule has 1 rings (SSSR count). The molecule has 1 heterocycles. The van der Waals surface area contributed by atoms with Crippen molar-refractivity contribution in [2.75, 3.05) is 6.54 Å². The molecule has 0 aromatic rings. The summed E-state index contributed by atoms with van der Waals surface area (Å²) in [6.07, 6.45) is 6.48. The Morgan fingerprint density at radius 1 is 1.35 bits per heavy atom. The normalized spacial score (nSPS) is 21.7. The van der Waals surface area contributed by atoms with Gasteiger partial charge >= 0.3 is 0 Å². The van der Waals surface area contributed by atoms with Gasteiger partial charge < -0.3 is 5.32 Å². The van der Waals surface area contributed by atoms with E-state index in [1.165, 1.54) is 37.3 Å². The number of hydrogen-bond donors (Lipinski definition) is 1. The van der Waals surface area contributed by atoms with E-state index in [2.05, 4.69) is 38.0 Å². The summed E-state index contributed by atoms with van der Waals surface area (Å²) in [6.45, 7) is 10.1. The molecule has 2 unspecified atom stereocenters. The predicted octanol–water partition coefficient (Wildman–Crippen LogP) is 4.06. The lowest BCUT2D eigenvalue weighted by molar-refractivity contribution is 0.495. The van der Waals surface area contributed by atoms with Crippen molar-refractivity contribution in [2.24, 2.45) is 10.9 Å². The number of nitrogens with zero attached hydrogens (tertiary/aromatic N) is 1. The predicted molar refractivity (Wildman–Crippen MR) is 79.9 cm³/mol. The smallest absolute Gasteiger partial charge is 0.157 e. The van der Waals surface area contributed by atoms with Crippen molar-refractivity contribution < 1.29 is 0 Å². The van der Waals surface area contributed by atoms with Crippen molar-refractivity contribution in [3.05, 3.63) is 0 Å². The summed E-state index contributed by atoms with van der Waals surface area (Å²) in [5, 5.41) is 5.46. The summed E-state index contributed by atoms with van der Waals surface area (Å²) >= 11 is 1.94. The monoisotopic (exact) mass is 256 g/mol. The molecule has 2 nitrogen and oxygen atoms in total. The molecule has 1 N–H and O–H groups in total. The van der Waals surface area contributed by atoms with Gasteiger partial charge in [-0.3, -0.25) is 4.99 Å². The molecule has 0 aromatic carbocycles. The second kappa shape index (κ2) is 8.02. The van der Waals surface area contributed by atoms with Crippen LogP contribution in [0.5, 0.6) is 0 Å². The van der Waals surface area contributed by atoms with Gasteiger partial charge in [0.2, 0.25) is 0 Å². The second-order valence-corrected chi connectivity index (χ2v) is 6.83. The Labute approximate surface area is 111 Å². The van der Waals surface area contributed by atoms with Crippen LogP contribution in [0.3, 0.4) is 0 Å². The van der Waals surface area contributed by atoms with Gasteiger partial charge in [0, 0.05) is 11.3 Å². The van der Waals surface area contributed by atoms with E-state index < -0.39 is 0 Å². The van der Waals surface area contributed by atoms with E-state index in [0.717, 1.165) is 17.7 Å². The molecule has 0 bridgehead atoms. The van der Waals surface area contributed by atoms with Crippen LogP contribution in [0.2, 0.25) is 0 Å². The Morgan fingerprint density at radius 2 is 2.12 bits per heavy atom. The van der Waals surface area contributed by atoms with Gasteiger partial charge in [0.25, 0.3) is 0 Å². The third-order valence-electron chi connectivity index (χ3n) is 3.12. The van der Waals surface area contributed by atoms with E-state index in [9.17, 15) is 0 Å². The van der Waals surface area contributed by atoms with Crippen molar-refractivity contribution >= 4 is 16.9 Å². The molecule has 3 heteroatoms. The summed E-state index contributed by atoms with van der Waals surface area (Å²) in [7, 11) is 0. The molecule has 0 spiro atoms. The Kier molecular flexibility index (Phi) is 7.02. The van der Waals surface area contributed by atoms with Crippen LogP contribution in [0, 0.1) is 5.92 Å². The molecule has 0 aliphatic carbocycles. The topological polar surface area (TPSA) is 24.4 Å². The molecule has 1 aliphatic heterocycles. The van der Waals surface area contributed by atoms with Gasteiger partial charge in [-0.1, -0.05) is 51.8 Å². The summed E-state index contributed by atoms with van der Waals surface area (Å²) in [5.74, 6) is 0.828. The molecular formula is C14H28N2S. The van der Waals surface area contributed by atoms with Gasteiger partial charge in [0.1, 0.15) is 0 Å².